The Kier molecular flexibility index (Phi) is 6.26. The topological polar surface area (TPSA) is 116 Å². The third-order valence-corrected chi connectivity index (χ3v) is 3.99. The van der Waals surface area contributed by atoms with E-state index >= 15 is 0 Å². The lowest BCUT2D eigenvalue weighted by molar-refractivity contribution is -0.143. The van der Waals surface area contributed by atoms with Gasteiger partial charge in [0, 0.05) is 18.2 Å². The number of aryl methyl sites for hydroxylation is 1. The molecule has 0 atom stereocenters. The molecule has 3 rings (SSSR count). The van der Waals surface area contributed by atoms with Crippen molar-refractivity contribution in [2.45, 2.75) is 20.4 Å². The molecule has 9 nitrogen and oxygen atoms in total. The minimum atomic E-state index is -0.831. The highest BCUT2D eigenvalue weighted by Crippen LogP contribution is 2.16. The van der Waals surface area contributed by atoms with Gasteiger partial charge in [-0.1, -0.05) is 29.8 Å². The molecular weight excluding hydrogens is 393 g/mol. The summed E-state index contributed by atoms with van der Waals surface area (Å²) in [6.45, 7) is 2.24. The predicted octanol–water partition coefficient (Wildman–Crippen LogP) is 2.17. The van der Waals surface area contributed by atoms with Crippen molar-refractivity contribution in [1.29, 1.82) is 0 Å². The van der Waals surface area contributed by atoms with Gasteiger partial charge < -0.3 is 10.1 Å². The van der Waals surface area contributed by atoms with Crippen molar-refractivity contribution in [3.63, 3.8) is 0 Å². The van der Waals surface area contributed by atoms with Crippen LogP contribution < -0.4 is 5.32 Å². The fourth-order valence-electron chi connectivity index (χ4n) is 2.54. The Morgan fingerprint density at radius 2 is 1.87 bits per heavy atom. The third-order valence-electron chi connectivity index (χ3n) is 3.99. The minimum Gasteiger partial charge on any atom is -0.456 e. The molecule has 0 unspecified atom stereocenters. The van der Waals surface area contributed by atoms with Crippen molar-refractivity contribution < 1.29 is 23.5 Å². The second-order valence-corrected chi connectivity index (χ2v) is 6.47. The second kappa shape index (κ2) is 9.03. The summed E-state index contributed by atoms with van der Waals surface area (Å²) in [6.07, 6.45) is 0. The van der Waals surface area contributed by atoms with Crippen molar-refractivity contribution in [1.82, 2.24) is 20.2 Å². The molecule has 1 aromatic heterocycles. The summed E-state index contributed by atoms with van der Waals surface area (Å²) in [6, 6.07) is 11.1. The number of rotatable bonds is 7. The van der Waals surface area contributed by atoms with Gasteiger partial charge in [0.05, 0.1) is 5.56 Å². The zero-order valence-electron chi connectivity index (χ0n) is 16.3. The Hall–Kier alpha value is -3.95. The van der Waals surface area contributed by atoms with E-state index in [2.05, 4.69) is 20.7 Å². The van der Waals surface area contributed by atoms with E-state index in [9.17, 15) is 18.8 Å². The number of anilines is 1. The van der Waals surface area contributed by atoms with Gasteiger partial charge in [0.15, 0.2) is 13.2 Å². The molecule has 0 saturated carbocycles. The zero-order chi connectivity index (χ0) is 21.7. The van der Waals surface area contributed by atoms with Gasteiger partial charge in [0.25, 0.3) is 0 Å². The maximum atomic E-state index is 14.1. The number of ether oxygens (including phenoxy) is 1. The number of hydrogen-bond acceptors (Lipinski definition) is 7. The van der Waals surface area contributed by atoms with Crippen LogP contribution in [0.2, 0.25) is 0 Å². The molecule has 2 aromatic carbocycles. The van der Waals surface area contributed by atoms with Crippen molar-refractivity contribution in [3.8, 4) is 11.4 Å². The van der Waals surface area contributed by atoms with Crippen LogP contribution in [0.1, 0.15) is 22.8 Å². The highest BCUT2D eigenvalue weighted by atomic mass is 19.1. The molecule has 0 fully saturated rings. The Balaban J connectivity index is 1.55. The van der Waals surface area contributed by atoms with Gasteiger partial charge in [-0.25, -0.2) is 9.18 Å². The summed E-state index contributed by atoms with van der Waals surface area (Å²) in [5.41, 5.74) is 1.79. The van der Waals surface area contributed by atoms with Crippen LogP contribution in [-0.4, -0.2) is 44.5 Å². The highest BCUT2D eigenvalue weighted by molar-refractivity contribution is 5.99. The summed E-state index contributed by atoms with van der Waals surface area (Å²) >= 11 is 0. The number of hydrogen-bond donors (Lipinski definition) is 1. The monoisotopic (exact) mass is 411 g/mol. The Bertz CT molecular complexity index is 1090. The molecule has 10 heteroatoms. The molecule has 0 radical (unpaired) electrons. The smallest absolute Gasteiger partial charge is 0.330 e. The first-order chi connectivity index (χ1) is 14.3. The summed E-state index contributed by atoms with van der Waals surface area (Å²) in [5, 5.41) is 14.2. The van der Waals surface area contributed by atoms with Crippen molar-refractivity contribution in [2.24, 2.45) is 0 Å². The SMILES string of the molecule is CC(=O)Nc1ccc(C(=O)COC(=O)Cn2nnc(-c3ccc(C)cc3)n2)c(F)c1. The van der Waals surface area contributed by atoms with Crippen molar-refractivity contribution >= 4 is 23.3 Å². The number of carbonyl (C=O) groups excluding carboxylic acids is 3. The zero-order valence-corrected chi connectivity index (χ0v) is 16.3. The molecule has 3 aromatic rings. The van der Waals surface area contributed by atoms with Gasteiger partial charge in [0.1, 0.15) is 5.82 Å². The molecule has 0 aliphatic rings. The molecule has 0 aliphatic carbocycles. The molecule has 1 amide bonds. The average Bonchev–Trinajstić information content (AvgIpc) is 3.14. The molecule has 1 heterocycles. The number of amides is 1. The average molecular weight is 411 g/mol. The molecule has 0 aliphatic heterocycles. The summed E-state index contributed by atoms with van der Waals surface area (Å²) in [5.74, 6) is -2.34. The van der Waals surface area contributed by atoms with Crippen LogP contribution in [0.5, 0.6) is 0 Å². The predicted molar refractivity (Wildman–Crippen MR) is 104 cm³/mol. The summed E-state index contributed by atoms with van der Waals surface area (Å²) < 4.78 is 19.0. The van der Waals surface area contributed by atoms with Crippen molar-refractivity contribution in [3.05, 3.63) is 59.4 Å². The van der Waals surface area contributed by atoms with E-state index in [-0.39, 0.29) is 23.7 Å². The number of aromatic nitrogens is 4. The summed E-state index contributed by atoms with van der Waals surface area (Å²) in [7, 11) is 0. The molecule has 0 bridgehead atoms. The number of tetrazole rings is 1. The van der Waals surface area contributed by atoms with Gasteiger partial charge >= 0.3 is 5.97 Å². The lowest BCUT2D eigenvalue weighted by Crippen LogP contribution is -2.20. The van der Waals surface area contributed by atoms with Gasteiger partial charge in [-0.05, 0) is 30.3 Å². The fourth-order valence-corrected chi connectivity index (χ4v) is 2.54. The van der Waals surface area contributed by atoms with E-state index in [0.29, 0.717) is 5.82 Å². The van der Waals surface area contributed by atoms with Crippen LogP contribution >= 0.6 is 0 Å². The van der Waals surface area contributed by atoms with Crippen LogP contribution in [0.3, 0.4) is 0 Å². The first-order valence-electron chi connectivity index (χ1n) is 8.92. The largest absolute Gasteiger partial charge is 0.456 e. The van der Waals surface area contributed by atoms with Crippen molar-refractivity contribution in [2.75, 3.05) is 11.9 Å². The van der Waals surface area contributed by atoms with E-state index < -0.39 is 24.2 Å². The lowest BCUT2D eigenvalue weighted by atomic mass is 10.1. The Morgan fingerprint density at radius 3 is 2.53 bits per heavy atom. The molecule has 0 spiro atoms. The van der Waals surface area contributed by atoms with Gasteiger partial charge in [-0.3, -0.25) is 9.59 Å². The highest BCUT2D eigenvalue weighted by Gasteiger charge is 2.16. The summed E-state index contributed by atoms with van der Waals surface area (Å²) in [4.78, 5) is 36.1. The van der Waals surface area contributed by atoms with Gasteiger partial charge in [-0.15, -0.1) is 10.2 Å². The van der Waals surface area contributed by atoms with E-state index in [1.165, 1.54) is 19.1 Å². The van der Waals surface area contributed by atoms with Crippen LogP contribution in [0.25, 0.3) is 11.4 Å². The quantitative estimate of drug-likeness (QED) is 0.468. The van der Waals surface area contributed by atoms with Gasteiger partial charge in [0.2, 0.25) is 17.5 Å². The van der Waals surface area contributed by atoms with Crippen LogP contribution in [0.15, 0.2) is 42.5 Å². The van der Waals surface area contributed by atoms with E-state index in [0.717, 1.165) is 22.0 Å². The number of carbonyl (C=O) groups is 3. The maximum absolute atomic E-state index is 14.1. The number of halogens is 1. The maximum Gasteiger partial charge on any atom is 0.330 e. The van der Waals surface area contributed by atoms with E-state index in [1.807, 2.05) is 31.2 Å². The van der Waals surface area contributed by atoms with Crippen LogP contribution in [0.4, 0.5) is 10.1 Å². The molecule has 0 saturated heterocycles. The number of esters is 1. The first-order valence-corrected chi connectivity index (χ1v) is 8.92. The fraction of sp³-hybridized carbons (Fsp3) is 0.200. The second-order valence-electron chi connectivity index (χ2n) is 6.47. The molecule has 30 heavy (non-hydrogen) atoms. The number of Topliss-reactive ketones (excluding diaryl/α,β-unsaturated/α-hetero) is 1. The Labute approximate surface area is 170 Å². The first kappa shape index (κ1) is 20.8. The minimum absolute atomic E-state index is 0.218. The van der Waals surface area contributed by atoms with Crippen LogP contribution in [0, 0.1) is 12.7 Å². The normalized spacial score (nSPS) is 10.5. The lowest BCUT2D eigenvalue weighted by Gasteiger charge is -2.07. The number of ketones is 1. The number of nitrogens with one attached hydrogen (secondary N) is 1. The van der Waals surface area contributed by atoms with E-state index in [4.69, 9.17) is 4.74 Å². The third kappa shape index (κ3) is 5.31. The number of benzene rings is 2. The van der Waals surface area contributed by atoms with E-state index in [1.54, 1.807) is 0 Å². The number of nitrogens with zero attached hydrogens (tertiary/aromatic N) is 4. The van der Waals surface area contributed by atoms with Gasteiger partial charge in [-0.2, -0.15) is 4.80 Å². The Morgan fingerprint density at radius 1 is 1.13 bits per heavy atom. The molecule has 1 N–H and O–H groups in total. The van der Waals surface area contributed by atoms with Crippen LogP contribution in [-0.2, 0) is 20.9 Å². The molecule has 154 valence electrons. The standard InChI is InChI=1S/C20H18FN5O4/c1-12-3-5-14(6-4-12)20-23-25-26(24-20)10-19(29)30-11-18(28)16-8-7-15(9-17(16)21)22-13(2)27/h3-9H,10-11H2,1-2H3,(H,22,27). The molecular formula is C20H18FN5O4.